The molecule has 1 aliphatic heterocycles. The Balaban J connectivity index is 2.34. The Hall–Kier alpha value is -2.36. The molecule has 240 valence electrons. The third-order valence-corrected chi connectivity index (χ3v) is 9.69. The van der Waals surface area contributed by atoms with Crippen molar-refractivity contribution in [1.82, 2.24) is 9.80 Å². The highest BCUT2D eigenvalue weighted by Crippen LogP contribution is 2.64. The Morgan fingerprint density at radius 3 is 2.00 bits per heavy atom. The van der Waals surface area contributed by atoms with Gasteiger partial charge in [0, 0.05) is 25.8 Å². The Bertz CT molecular complexity index is 1070. The average Bonchev–Trinajstić information content (AvgIpc) is 3.30. The van der Waals surface area contributed by atoms with Gasteiger partial charge in [-0.15, -0.1) is 0 Å². The molecule has 0 aromatic carbocycles. The zero-order valence-electron chi connectivity index (χ0n) is 27.1. The lowest BCUT2D eigenvalue weighted by atomic mass is 9.98. The second kappa shape index (κ2) is 14.0. The zero-order valence-corrected chi connectivity index (χ0v) is 28.0. The number of carbonyl (C=O) groups excluding carboxylic acids is 3. The van der Waals surface area contributed by atoms with Crippen molar-refractivity contribution >= 4 is 25.5 Å². The van der Waals surface area contributed by atoms with E-state index >= 15 is 0 Å². The third kappa shape index (κ3) is 10.4. The van der Waals surface area contributed by atoms with Crippen LogP contribution in [0.25, 0.3) is 0 Å². The Kier molecular flexibility index (Phi) is 11.9. The van der Waals surface area contributed by atoms with Crippen molar-refractivity contribution < 1.29 is 42.1 Å². The van der Waals surface area contributed by atoms with Crippen molar-refractivity contribution in [2.75, 3.05) is 32.4 Å². The standard InChI is InChI=1S/C30H51N2O9P/c1-11-38-42(36)20-18-31(21-23-15-14-19-37-23)22-30(42,24(33)39-27(2,3)4)16-12-13-17-32(25(34)40-28(5,6)7)26(35)41-29(8,9)10/h14-15,19H,11-13,16-18,20-22H2,1-10H3. The van der Waals surface area contributed by atoms with Gasteiger partial charge >= 0.3 is 18.2 Å². The predicted molar refractivity (Wildman–Crippen MR) is 160 cm³/mol. The second-order valence-corrected chi connectivity index (χ2v) is 16.6. The molecular weight excluding hydrogens is 563 g/mol. The molecule has 2 amide bonds. The molecule has 1 aromatic rings. The number of esters is 1. The van der Waals surface area contributed by atoms with E-state index in [4.69, 9.17) is 23.2 Å². The van der Waals surface area contributed by atoms with Gasteiger partial charge in [0.1, 0.15) is 22.6 Å². The smallest absolute Gasteiger partial charge is 0.419 e. The Morgan fingerprint density at radius 2 is 1.52 bits per heavy atom. The molecule has 1 aromatic heterocycles. The first-order valence-corrected chi connectivity index (χ1v) is 16.5. The van der Waals surface area contributed by atoms with Crippen molar-refractivity contribution in [2.24, 2.45) is 0 Å². The molecule has 0 saturated carbocycles. The van der Waals surface area contributed by atoms with Gasteiger partial charge < -0.3 is 23.2 Å². The molecule has 1 fully saturated rings. The minimum absolute atomic E-state index is 0.0106. The number of hydrogen-bond donors (Lipinski definition) is 0. The number of carbonyl (C=O) groups is 3. The fourth-order valence-corrected chi connectivity index (χ4v) is 7.71. The van der Waals surface area contributed by atoms with Gasteiger partial charge in [0.2, 0.25) is 7.37 Å². The molecule has 2 heterocycles. The molecule has 2 atom stereocenters. The third-order valence-electron chi connectivity index (χ3n) is 6.37. The van der Waals surface area contributed by atoms with E-state index < -0.39 is 47.5 Å². The van der Waals surface area contributed by atoms with Gasteiger partial charge in [-0.05, 0) is 101 Å². The summed E-state index contributed by atoms with van der Waals surface area (Å²) < 4.78 is 42.7. The van der Waals surface area contributed by atoms with E-state index in [1.165, 1.54) is 0 Å². The molecule has 0 aliphatic carbocycles. The van der Waals surface area contributed by atoms with Crippen LogP contribution in [0, 0.1) is 0 Å². The number of furan rings is 1. The van der Waals surface area contributed by atoms with E-state index in [-0.39, 0.29) is 32.3 Å². The molecule has 0 spiro atoms. The van der Waals surface area contributed by atoms with Crippen LogP contribution < -0.4 is 0 Å². The minimum atomic E-state index is -3.53. The summed E-state index contributed by atoms with van der Waals surface area (Å²) in [6.45, 7) is 18.6. The molecule has 0 radical (unpaired) electrons. The normalized spacial score (nSPS) is 22.0. The van der Waals surface area contributed by atoms with Crippen molar-refractivity contribution in [2.45, 2.75) is 117 Å². The SMILES string of the molecule is CCOP1(=O)CCN(Cc2ccco2)CC1(CCCCN(C(=O)OC(C)(C)C)C(=O)OC(C)(C)C)C(=O)OC(C)(C)C. The van der Waals surface area contributed by atoms with E-state index in [0.717, 1.165) is 10.7 Å². The molecule has 11 nitrogen and oxygen atoms in total. The van der Waals surface area contributed by atoms with Crippen molar-refractivity contribution in [3.63, 3.8) is 0 Å². The molecule has 1 aliphatic rings. The Labute approximate surface area is 251 Å². The number of nitrogens with zero attached hydrogens (tertiary/aromatic N) is 2. The monoisotopic (exact) mass is 614 g/mol. The van der Waals surface area contributed by atoms with Crippen molar-refractivity contribution in [3.05, 3.63) is 24.2 Å². The summed E-state index contributed by atoms with van der Waals surface area (Å²) in [6, 6.07) is 3.65. The largest absolute Gasteiger partial charge is 0.468 e. The van der Waals surface area contributed by atoms with Crippen molar-refractivity contribution in [1.29, 1.82) is 0 Å². The molecule has 42 heavy (non-hydrogen) atoms. The highest BCUT2D eigenvalue weighted by molar-refractivity contribution is 7.62. The molecule has 0 N–H and O–H groups in total. The highest BCUT2D eigenvalue weighted by atomic mass is 31.2. The van der Waals surface area contributed by atoms with Gasteiger partial charge in [0.05, 0.1) is 19.4 Å². The number of ether oxygens (including phenoxy) is 3. The lowest BCUT2D eigenvalue weighted by Crippen LogP contribution is -2.56. The van der Waals surface area contributed by atoms with E-state index in [1.807, 2.05) is 11.0 Å². The summed E-state index contributed by atoms with van der Waals surface area (Å²) in [4.78, 5) is 42.8. The maximum Gasteiger partial charge on any atom is 0.419 e. The maximum atomic E-state index is 14.5. The van der Waals surface area contributed by atoms with E-state index in [0.29, 0.717) is 25.9 Å². The summed E-state index contributed by atoms with van der Waals surface area (Å²) in [5, 5.41) is -1.44. The van der Waals surface area contributed by atoms with E-state index in [9.17, 15) is 18.9 Å². The van der Waals surface area contributed by atoms with Gasteiger partial charge in [-0.3, -0.25) is 14.3 Å². The minimum Gasteiger partial charge on any atom is -0.468 e. The van der Waals surface area contributed by atoms with Gasteiger partial charge in [-0.1, -0.05) is 0 Å². The maximum absolute atomic E-state index is 14.5. The second-order valence-electron chi connectivity index (χ2n) is 13.7. The molecule has 2 unspecified atom stereocenters. The molecule has 1 saturated heterocycles. The van der Waals surface area contributed by atoms with Crippen LogP contribution >= 0.6 is 7.37 Å². The van der Waals surface area contributed by atoms with Gasteiger partial charge in [-0.2, -0.15) is 0 Å². The van der Waals surface area contributed by atoms with E-state index in [2.05, 4.69) is 0 Å². The van der Waals surface area contributed by atoms with E-state index in [1.54, 1.807) is 81.6 Å². The summed E-state index contributed by atoms with van der Waals surface area (Å²) in [5.74, 6) is 0.152. The van der Waals surface area contributed by atoms with Crippen LogP contribution in [-0.4, -0.2) is 82.3 Å². The quantitative estimate of drug-likeness (QED) is 0.120. The number of unbranched alkanes of at least 4 members (excludes halogenated alkanes) is 1. The molecule has 2 rings (SSSR count). The van der Waals surface area contributed by atoms with Crippen LogP contribution in [-0.2, 0) is 34.6 Å². The van der Waals surface area contributed by atoms with Gasteiger partial charge in [0.15, 0.2) is 5.16 Å². The number of amides is 2. The number of rotatable bonds is 10. The van der Waals surface area contributed by atoms with Crippen LogP contribution in [0.3, 0.4) is 0 Å². The highest BCUT2D eigenvalue weighted by Gasteiger charge is 2.59. The Morgan fingerprint density at radius 1 is 0.952 bits per heavy atom. The van der Waals surface area contributed by atoms with Crippen LogP contribution in [0.2, 0.25) is 0 Å². The first kappa shape index (κ1) is 35.8. The molecule has 0 bridgehead atoms. The fraction of sp³-hybridized carbons (Fsp3) is 0.767. The number of imide groups is 1. The van der Waals surface area contributed by atoms with Crippen LogP contribution in [0.5, 0.6) is 0 Å². The average molecular weight is 615 g/mol. The summed E-state index contributed by atoms with van der Waals surface area (Å²) in [7, 11) is -3.53. The number of hydrogen-bond acceptors (Lipinski definition) is 10. The van der Waals surface area contributed by atoms with Gasteiger partial charge in [0.25, 0.3) is 0 Å². The first-order valence-electron chi connectivity index (χ1n) is 14.7. The summed E-state index contributed by atoms with van der Waals surface area (Å²) >= 11 is 0. The van der Waals surface area contributed by atoms with Crippen molar-refractivity contribution in [3.8, 4) is 0 Å². The summed E-state index contributed by atoms with van der Waals surface area (Å²) in [5.41, 5.74) is -2.45. The lowest BCUT2D eigenvalue weighted by molar-refractivity contribution is -0.160. The fourth-order valence-electron chi connectivity index (χ4n) is 4.71. The summed E-state index contributed by atoms with van der Waals surface area (Å²) in [6.07, 6.45) is 0.974. The topological polar surface area (TPSA) is 125 Å². The lowest BCUT2D eigenvalue weighted by Gasteiger charge is -2.46. The van der Waals surface area contributed by atoms with Crippen LogP contribution in [0.15, 0.2) is 22.8 Å². The van der Waals surface area contributed by atoms with Crippen LogP contribution in [0.4, 0.5) is 9.59 Å². The zero-order chi connectivity index (χ0) is 32.0. The predicted octanol–water partition coefficient (Wildman–Crippen LogP) is 6.83. The van der Waals surface area contributed by atoms with Gasteiger partial charge in [-0.25, -0.2) is 14.5 Å². The van der Waals surface area contributed by atoms with Crippen LogP contribution in [0.1, 0.15) is 94.3 Å². The molecular formula is C30H51N2O9P. The molecule has 12 heteroatoms. The first-order chi connectivity index (χ1) is 19.2.